The van der Waals surface area contributed by atoms with Crippen LogP contribution in [0.25, 0.3) is 0 Å². The molecule has 0 atom stereocenters. The van der Waals surface area contributed by atoms with Crippen LogP contribution in [0.1, 0.15) is 60.3 Å². The van der Waals surface area contributed by atoms with Crippen LogP contribution in [-0.4, -0.2) is 11.1 Å². The van der Waals surface area contributed by atoms with Gasteiger partial charge in [-0.05, 0) is 12.3 Å². The van der Waals surface area contributed by atoms with Crippen molar-refractivity contribution in [1.29, 1.82) is 0 Å². The first-order valence-corrected chi connectivity index (χ1v) is 5.77. The summed E-state index contributed by atoms with van der Waals surface area (Å²) in [6, 6.07) is 0. The van der Waals surface area contributed by atoms with E-state index in [-0.39, 0.29) is 5.57 Å². The lowest BCUT2D eigenvalue weighted by Crippen LogP contribution is -2.15. The van der Waals surface area contributed by atoms with Crippen LogP contribution in [0, 0.1) is 5.41 Å². The van der Waals surface area contributed by atoms with Gasteiger partial charge in [0, 0.05) is 5.57 Å². The van der Waals surface area contributed by atoms with E-state index < -0.39 is 5.97 Å². The quantitative estimate of drug-likeness (QED) is 0.694. The Bertz CT molecular complexity index is 161. The molecule has 0 unspecified atom stereocenters. The van der Waals surface area contributed by atoms with Gasteiger partial charge in [0.1, 0.15) is 0 Å². The maximum atomic E-state index is 9.60. The van der Waals surface area contributed by atoms with Crippen molar-refractivity contribution in [2.45, 2.75) is 60.3 Å². The summed E-state index contributed by atoms with van der Waals surface area (Å²) in [5, 5.41) is 7.89. The predicted octanol–water partition coefficient (Wildman–Crippen LogP) is 4.26. The molecule has 0 amide bonds. The summed E-state index contributed by atoms with van der Waals surface area (Å²) >= 11 is 0. The van der Waals surface area contributed by atoms with Crippen LogP contribution in [0.4, 0.5) is 0 Å². The summed E-state index contributed by atoms with van der Waals surface area (Å²) in [5.41, 5.74) is 0.843. The lowest BCUT2D eigenvalue weighted by molar-refractivity contribution is -0.132. The summed E-state index contributed by atoms with van der Waals surface area (Å²) in [4.78, 5) is 9.60. The van der Waals surface area contributed by atoms with Crippen molar-refractivity contribution in [3.8, 4) is 0 Å². The van der Waals surface area contributed by atoms with Gasteiger partial charge in [0.25, 0.3) is 0 Å². The zero-order valence-electron chi connectivity index (χ0n) is 10.9. The number of hydrogen-bond acceptors (Lipinski definition) is 1. The SMILES string of the molecule is C=C(C)C(=O)O.CCC(CC)(CC)CC. The smallest absolute Gasteiger partial charge is 0.330 e. The Hall–Kier alpha value is -0.790. The monoisotopic (exact) mass is 214 g/mol. The van der Waals surface area contributed by atoms with Crippen molar-refractivity contribution in [3.63, 3.8) is 0 Å². The van der Waals surface area contributed by atoms with Gasteiger partial charge in [-0.3, -0.25) is 0 Å². The molecule has 0 saturated heterocycles. The lowest BCUT2D eigenvalue weighted by atomic mass is 9.78. The van der Waals surface area contributed by atoms with Gasteiger partial charge in [0.15, 0.2) is 0 Å². The summed E-state index contributed by atoms with van der Waals surface area (Å²) in [6.45, 7) is 13.8. The number of carboxylic acid groups (broad SMARTS) is 1. The number of carboxylic acids is 1. The summed E-state index contributed by atoms with van der Waals surface area (Å²) in [6.07, 6.45) is 5.38. The van der Waals surface area contributed by atoms with Gasteiger partial charge in [-0.15, -0.1) is 0 Å². The van der Waals surface area contributed by atoms with E-state index in [1.807, 2.05) is 0 Å². The van der Waals surface area contributed by atoms with Crippen molar-refractivity contribution in [2.24, 2.45) is 5.41 Å². The Morgan fingerprint density at radius 3 is 1.27 bits per heavy atom. The molecule has 2 nitrogen and oxygen atoms in total. The lowest BCUT2D eigenvalue weighted by Gasteiger charge is -2.28. The molecule has 0 aromatic carbocycles. The molecular formula is C13H26O2. The van der Waals surface area contributed by atoms with Crippen LogP contribution in [-0.2, 0) is 4.79 Å². The van der Waals surface area contributed by atoms with Crippen LogP contribution >= 0.6 is 0 Å². The van der Waals surface area contributed by atoms with Crippen molar-refractivity contribution in [2.75, 3.05) is 0 Å². The van der Waals surface area contributed by atoms with Gasteiger partial charge in [0.05, 0.1) is 0 Å². The summed E-state index contributed by atoms with van der Waals surface area (Å²) in [7, 11) is 0. The van der Waals surface area contributed by atoms with Crippen molar-refractivity contribution >= 4 is 5.97 Å². The molecule has 2 heteroatoms. The maximum absolute atomic E-state index is 9.60. The van der Waals surface area contributed by atoms with Crippen molar-refractivity contribution in [3.05, 3.63) is 12.2 Å². The van der Waals surface area contributed by atoms with E-state index in [1.165, 1.54) is 32.6 Å². The maximum Gasteiger partial charge on any atom is 0.330 e. The van der Waals surface area contributed by atoms with Gasteiger partial charge < -0.3 is 5.11 Å². The summed E-state index contributed by atoms with van der Waals surface area (Å²) < 4.78 is 0. The first-order valence-electron chi connectivity index (χ1n) is 5.77. The normalized spacial score (nSPS) is 10.2. The van der Waals surface area contributed by atoms with Crippen LogP contribution in [0.2, 0.25) is 0 Å². The van der Waals surface area contributed by atoms with E-state index >= 15 is 0 Å². The first-order chi connectivity index (χ1) is 6.89. The van der Waals surface area contributed by atoms with E-state index in [0.717, 1.165) is 0 Å². The zero-order chi connectivity index (χ0) is 12.5. The highest BCUT2D eigenvalue weighted by Crippen LogP contribution is 2.33. The van der Waals surface area contributed by atoms with Gasteiger partial charge in [-0.25, -0.2) is 4.79 Å². The molecule has 0 aliphatic carbocycles. The minimum Gasteiger partial charge on any atom is -0.478 e. The molecular weight excluding hydrogens is 188 g/mol. The Morgan fingerprint density at radius 2 is 1.27 bits per heavy atom. The molecule has 1 N–H and O–H groups in total. The number of rotatable bonds is 5. The van der Waals surface area contributed by atoms with Gasteiger partial charge in [-0.2, -0.15) is 0 Å². The van der Waals surface area contributed by atoms with Gasteiger partial charge in [0.2, 0.25) is 0 Å². The molecule has 0 aromatic heterocycles. The van der Waals surface area contributed by atoms with Crippen LogP contribution in [0.5, 0.6) is 0 Å². The fraction of sp³-hybridized carbons (Fsp3) is 0.769. The fourth-order valence-electron chi connectivity index (χ4n) is 1.50. The minimum absolute atomic E-state index is 0.176. The van der Waals surface area contributed by atoms with Gasteiger partial charge >= 0.3 is 5.97 Å². The number of aliphatic carboxylic acids is 1. The molecule has 0 aliphatic heterocycles. The molecule has 15 heavy (non-hydrogen) atoms. The average Bonchev–Trinajstić information content (AvgIpc) is 2.23. The second kappa shape index (κ2) is 8.51. The topological polar surface area (TPSA) is 37.3 Å². The molecule has 0 heterocycles. The zero-order valence-corrected chi connectivity index (χ0v) is 10.9. The highest BCUT2D eigenvalue weighted by molar-refractivity contribution is 5.84. The molecule has 0 bridgehead atoms. The first kappa shape index (κ1) is 16.6. The molecule has 90 valence electrons. The third kappa shape index (κ3) is 7.18. The molecule has 0 rings (SSSR count). The number of hydrogen-bond donors (Lipinski definition) is 1. The molecule has 0 saturated carbocycles. The van der Waals surface area contributed by atoms with Crippen LogP contribution < -0.4 is 0 Å². The Labute approximate surface area is 94.4 Å². The number of carbonyl (C=O) groups is 1. The Morgan fingerprint density at radius 1 is 1.07 bits per heavy atom. The second-order valence-corrected chi connectivity index (χ2v) is 4.00. The van der Waals surface area contributed by atoms with Crippen molar-refractivity contribution in [1.82, 2.24) is 0 Å². The van der Waals surface area contributed by atoms with Crippen LogP contribution in [0.15, 0.2) is 12.2 Å². The van der Waals surface area contributed by atoms with E-state index in [9.17, 15) is 4.79 Å². The van der Waals surface area contributed by atoms with E-state index in [1.54, 1.807) is 0 Å². The Kier molecular flexibility index (Phi) is 9.44. The minimum atomic E-state index is -0.935. The highest BCUT2D eigenvalue weighted by Gasteiger charge is 2.20. The third-order valence-electron chi connectivity index (χ3n) is 3.37. The largest absolute Gasteiger partial charge is 0.478 e. The molecule has 0 spiro atoms. The molecule has 0 fully saturated rings. The molecule has 0 aromatic rings. The van der Waals surface area contributed by atoms with Gasteiger partial charge in [-0.1, -0.05) is 60.0 Å². The highest BCUT2D eigenvalue weighted by atomic mass is 16.4. The third-order valence-corrected chi connectivity index (χ3v) is 3.37. The van der Waals surface area contributed by atoms with E-state index in [4.69, 9.17) is 5.11 Å². The fourth-order valence-corrected chi connectivity index (χ4v) is 1.50. The standard InChI is InChI=1S/C9H20.C4H6O2/c1-5-9(6-2,7-3)8-4;1-3(2)4(5)6/h5-8H2,1-4H3;1H2,2H3,(H,5,6). The van der Waals surface area contributed by atoms with Crippen molar-refractivity contribution < 1.29 is 9.90 Å². The van der Waals surface area contributed by atoms with E-state index in [2.05, 4.69) is 34.3 Å². The molecule has 0 radical (unpaired) electrons. The predicted molar refractivity (Wildman–Crippen MR) is 66.0 cm³/mol. The molecule has 0 aliphatic rings. The van der Waals surface area contributed by atoms with Crippen LogP contribution in [0.3, 0.4) is 0 Å². The summed E-state index contributed by atoms with van der Waals surface area (Å²) in [5.74, 6) is -0.935. The van der Waals surface area contributed by atoms with E-state index in [0.29, 0.717) is 5.41 Å². The Balaban J connectivity index is 0. The second-order valence-electron chi connectivity index (χ2n) is 4.00. The average molecular weight is 214 g/mol.